The van der Waals surface area contributed by atoms with Gasteiger partial charge in [0, 0.05) is 12.0 Å². The lowest BCUT2D eigenvalue weighted by atomic mass is 9.81. The lowest BCUT2D eigenvalue weighted by Gasteiger charge is -2.34. The third kappa shape index (κ3) is 4.94. The molecule has 0 radical (unpaired) electrons. The zero-order chi connectivity index (χ0) is 13.1. The van der Waals surface area contributed by atoms with Crippen molar-refractivity contribution in [2.24, 2.45) is 5.92 Å². The molecule has 0 aliphatic heterocycles. The third-order valence-electron chi connectivity index (χ3n) is 3.14. The number of carbonyl (C=O) groups excluding carboxylic acids is 1. The van der Waals surface area contributed by atoms with Crippen LogP contribution in [0.15, 0.2) is 0 Å². The lowest BCUT2D eigenvalue weighted by molar-refractivity contribution is 0.0368. The SMILES string of the molecule is CC(O)[C@H]1CCCC[C@@H]1NC(=O)OC(C)(C)C. The minimum absolute atomic E-state index is 0.0404. The summed E-state index contributed by atoms with van der Waals surface area (Å²) in [5, 5.41) is 12.6. The monoisotopic (exact) mass is 243 g/mol. The average molecular weight is 243 g/mol. The fraction of sp³-hybridized carbons (Fsp3) is 0.923. The molecule has 2 N–H and O–H groups in total. The third-order valence-corrected chi connectivity index (χ3v) is 3.14. The van der Waals surface area contributed by atoms with E-state index < -0.39 is 5.60 Å². The van der Waals surface area contributed by atoms with Crippen LogP contribution in [0.25, 0.3) is 0 Å². The maximum absolute atomic E-state index is 11.7. The van der Waals surface area contributed by atoms with Crippen molar-refractivity contribution in [1.82, 2.24) is 5.32 Å². The highest BCUT2D eigenvalue weighted by Crippen LogP contribution is 2.27. The van der Waals surface area contributed by atoms with Crippen molar-refractivity contribution in [3.8, 4) is 0 Å². The van der Waals surface area contributed by atoms with Crippen LogP contribution >= 0.6 is 0 Å². The highest BCUT2D eigenvalue weighted by molar-refractivity contribution is 5.68. The first-order valence-electron chi connectivity index (χ1n) is 6.47. The Morgan fingerprint density at radius 1 is 1.35 bits per heavy atom. The maximum atomic E-state index is 11.7. The van der Waals surface area contributed by atoms with E-state index in [-0.39, 0.29) is 24.2 Å². The molecule has 1 saturated carbocycles. The Kier molecular flexibility index (Phi) is 4.80. The van der Waals surface area contributed by atoms with Crippen LogP contribution in [0, 0.1) is 5.92 Å². The number of carbonyl (C=O) groups is 1. The summed E-state index contributed by atoms with van der Waals surface area (Å²) in [5.74, 6) is 0.149. The second-order valence-electron chi connectivity index (χ2n) is 5.94. The van der Waals surface area contributed by atoms with Crippen LogP contribution in [0.4, 0.5) is 4.79 Å². The van der Waals surface area contributed by atoms with E-state index in [1.807, 2.05) is 20.8 Å². The summed E-state index contributed by atoms with van der Waals surface area (Å²) >= 11 is 0. The lowest BCUT2D eigenvalue weighted by Crippen LogP contribution is -2.47. The molecule has 17 heavy (non-hydrogen) atoms. The van der Waals surface area contributed by atoms with Gasteiger partial charge in [-0.05, 0) is 40.5 Å². The first kappa shape index (κ1) is 14.3. The van der Waals surface area contributed by atoms with E-state index in [1.54, 1.807) is 6.92 Å². The van der Waals surface area contributed by atoms with Crippen LogP contribution in [-0.2, 0) is 4.74 Å². The van der Waals surface area contributed by atoms with E-state index in [0.717, 1.165) is 25.7 Å². The van der Waals surface area contributed by atoms with Gasteiger partial charge in [-0.25, -0.2) is 4.79 Å². The van der Waals surface area contributed by atoms with E-state index in [1.165, 1.54) is 0 Å². The second kappa shape index (κ2) is 5.71. The molecule has 1 aliphatic rings. The normalized spacial score (nSPS) is 27.4. The quantitative estimate of drug-likeness (QED) is 0.783. The molecule has 3 atom stereocenters. The Bertz CT molecular complexity index is 258. The molecule has 0 bridgehead atoms. The fourth-order valence-electron chi connectivity index (χ4n) is 2.38. The molecule has 1 unspecified atom stereocenters. The van der Waals surface area contributed by atoms with Gasteiger partial charge in [-0.3, -0.25) is 0 Å². The highest BCUT2D eigenvalue weighted by atomic mass is 16.6. The molecule has 4 nitrogen and oxygen atoms in total. The Balaban J connectivity index is 2.50. The number of rotatable bonds is 2. The first-order chi connectivity index (χ1) is 7.79. The van der Waals surface area contributed by atoms with Crippen molar-refractivity contribution in [3.05, 3.63) is 0 Å². The summed E-state index contributed by atoms with van der Waals surface area (Å²) in [6.45, 7) is 7.33. The Labute approximate surface area is 104 Å². The fourth-order valence-corrected chi connectivity index (χ4v) is 2.38. The minimum Gasteiger partial charge on any atom is -0.444 e. The maximum Gasteiger partial charge on any atom is 0.407 e. The second-order valence-corrected chi connectivity index (χ2v) is 5.94. The summed E-state index contributed by atoms with van der Waals surface area (Å²) in [5.41, 5.74) is -0.473. The van der Waals surface area contributed by atoms with Crippen molar-refractivity contribution in [1.29, 1.82) is 0 Å². The zero-order valence-corrected chi connectivity index (χ0v) is 11.3. The summed E-state index contributed by atoms with van der Waals surface area (Å²) < 4.78 is 5.24. The van der Waals surface area contributed by atoms with Crippen LogP contribution in [0.1, 0.15) is 53.4 Å². The van der Waals surface area contributed by atoms with E-state index in [0.29, 0.717) is 0 Å². The number of aliphatic hydroxyl groups is 1. The first-order valence-corrected chi connectivity index (χ1v) is 6.47. The van der Waals surface area contributed by atoms with E-state index >= 15 is 0 Å². The molecular formula is C13H25NO3. The molecule has 0 heterocycles. The van der Waals surface area contributed by atoms with E-state index in [2.05, 4.69) is 5.32 Å². The molecule has 4 heteroatoms. The molecule has 1 rings (SSSR count). The topological polar surface area (TPSA) is 58.6 Å². The predicted octanol–water partition coefficient (Wildman–Crippen LogP) is 2.45. The standard InChI is InChI=1S/C13H25NO3/c1-9(15)10-7-5-6-8-11(10)14-12(16)17-13(2,3)4/h9-11,15H,5-8H2,1-4H3,(H,14,16)/t9?,10-,11+/m1/s1. The van der Waals surface area contributed by atoms with Gasteiger partial charge in [-0.2, -0.15) is 0 Å². The van der Waals surface area contributed by atoms with Gasteiger partial charge in [0.1, 0.15) is 5.60 Å². The smallest absolute Gasteiger partial charge is 0.407 e. The van der Waals surface area contributed by atoms with Crippen molar-refractivity contribution in [2.75, 3.05) is 0 Å². The van der Waals surface area contributed by atoms with Gasteiger partial charge in [0.15, 0.2) is 0 Å². The molecule has 0 aromatic carbocycles. The molecule has 1 fully saturated rings. The number of alkyl carbamates (subject to hydrolysis) is 1. The summed E-state index contributed by atoms with van der Waals surface area (Å²) in [6.07, 6.45) is 3.36. The largest absolute Gasteiger partial charge is 0.444 e. The number of aliphatic hydroxyl groups excluding tert-OH is 1. The van der Waals surface area contributed by atoms with Gasteiger partial charge in [-0.15, -0.1) is 0 Å². The summed E-state index contributed by atoms with van der Waals surface area (Å²) in [4.78, 5) is 11.7. The predicted molar refractivity (Wildman–Crippen MR) is 66.8 cm³/mol. The molecule has 100 valence electrons. The van der Waals surface area contributed by atoms with Gasteiger partial charge in [0.05, 0.1) is 6.10 Å². The van der Waals surface area contributed by atoms with Crippen LogP contribution in [0.5, 0.6) is 0 Å². The molecule has 0 aromatic rings. The van der Waals surface area contributed by atoms with E-state index in [4.69, 9.17) is 4.74 Å². The van der Waals surface area contributed by atoms with Gasteiger partial charge in [0.2, 0.25) is 0 Å². The minimum atomic E-state index is -0.473. The van der Waals surface area contributed by atoms with Crippen molar-refractivity contribution in [3.63, 3.8) is 0 Å². The van der Waals surface area contributed by atoms with Crippen LogP contribution in [0.2, 0.25) is 0 Å². The zero-order valence-electron chi connectivity index (χ0n) is 11.3. The summed E-state index contributed by atoms with van der Waals surface area (Å²) in [6, 6.07) is 0.0404. The van der Waals surface area contributed by atoms with Gasteiger partial charge in [0.25, 0.3) is 0 Å². The number of hydrogen-bond acceptors (Lipinski definition) is 3. The van der Waals surface area contributed by atoms with Gasteiger partial charge < -0.3 is 15.2 Å². The van der Waals surface area contributed by atoms with Gasteiger partial charge >= 0.3 is 6.09 Å². The molecular weight excluding hydrogens is 218 g/mol. The molecule has 0 aromatic heterocycles. The van der Waals surface area contributed by atoms with Crippen LogP contribution < -0.4 is 5.32 Å². The van der Waals surface area contributed by atoms with E-state index in [9.17, 15) is 9.90 Å². The Morgan fingerprint density at radius 3 is 2.47 bits per heavy atom. The summed E-state index contributed by atoms with van der Waals surface area (Å²) in [7, 11) is 0. The number of nitrogens with one attached hydrogen (secondary N) is 1. The van der Waals surface area contributed by atoms with Crippen molar-refractivity contribution < 1.29 is 14.6 Å². The number of hydrogen-bond donors (Lipinski definition) is 2. The molecule has 1 aliphatic carbocycles. The Morgan fingerprint density at radius 2 is 1.94 bits per heavy atom. The average Bonchev–Trinajstić information content (AvgIpc) is 2.14. The van der Waals surface area contributed by atoms with Crippen LogP contribution in [-0.4, -0.2) is 28.9 Å². The highest BCUT2D eigenvalue weighted by Gasteiger charge is 2.30. The van der Waals surface area contributed by atoms with Crippen molar-refractivity contribution in [2.45, 2.75) is 71.1 Å². The Hall–Kier alpha value is -0.770. The number of amides is 1. The molecule has 0 spiro atoms. The van der Waals surface area contributed by atoms with Gasteiger partial charge in [-0.1, -0.05) is 12.8 Å². The van der Waals surface area contributed by atoms with Crippen LogP contribution in [0.3, 0.4) is 0 Å². The van der Waals surface area contributed by atoms with Crippen molar-refractivity contribution >= 4 is 6.09 Å². The number of ether oxygens (including phenoxy) is 1. The molecule has 1 amide bonds. The molecule has 0 saturated heterocycles.